The van der Waals surface area contributed by atoms with E-state index in [4.69, 9.17) is 0 Å². The van der Waals surface area contributed by atoms with E-state index in [0.29, 0.717) is 32.4 Å². The molecule has 1 aliphatic heterocycles. The molecule has 0 aliphatic carbocycles. The van der Waals surface area contributed by atoms with Crippen LogP contribution < -0.4 is 10.6 Å². The first-order valence-electron chi connectivity index (χ1n) is 9.44. The predicted octanol–water partition coefficient (Wildman–Crippen LogP) is 2.00. The number of nitrogens with zero attached hydrogens (tertiary/aromatic N) is 3. The van der Waals surface area contributed by atoms with Gasteiger partial charge in [0.1, 0.15) is 5.82 Å². The Morgan fingerprint density at radius 3 is 2.38 bits per heavy atom. The number of rotatable bonds is 5. The maximum absolute atomic E-state index is 13.0. The summed E-state index contributed by atoms with van der Waals surface area (Å²) >= 11 is 0. The highest BCUT2D eigenvalue weighted by Crippen LogP contribution is 2.15. The molecule has 2 aromatic rings. The van der Waals surface area contributed by atoms with Crippen molar-refractivity contribution in [2.75, 3.05) is 18.4 Å². The number of benzene rings is 1. The predicted molar refractivity (Wildman–Crippen MR) is 104 cm³/mol. The van der Waals surface area contributed by atoms with Crippen molar-refractivity contribution in [2.45, 2.75) is 32.2 Å². The molecular weight excluding hydrogens is 377 g/mol. The van der Waals surface area contributed by atoms with Gasteiger partial charge >= 0.3 is 0 Å². The van der Waals surface area contributed by atoms with Crippen molar-refractivity contribution in [3.05, 3.63) is 53.7 Å². The second-order valence-corrected chi connectivity index (χ2v) is 6.70. The lowest BCUT2D eigenvalue weighted by molar-refractivity contribution is -0.131. The zero-order valence-corrected chi connectivity index (χ0v) is 16.0. The molecule has 0 saturated carbocycles. The maximum atomic E-state index is 13.0. The summed E-state index contributed by atoms with van der Waals surface area (Å²) in [5, 5.41) is 5.44. The van der Waals surface area contributed by atoms with Crippen LogP contribution in [0.4, 0.5) is 10.2 Å². The maximum Gasteiger partial charge on any atom is 0.273 e. The van der Waals surface area contributed by atoms with Gasteiger partial charge in [0.15, 0.2) is 11.5 Å². The number of piperidine rings is 1. The number of aromatic nitrogens is 2. The van der Waals surface area contributed by atoms with E-state index in [1.807, 2.05) is 6.92 Å². The van der Waals surface area contributed by atoms with E-state index in [0.717, 1.165) is 0 Å². The Morgan fingerprint density at radius 1 is 1.07 bits per heavy atom. The third-order valence-corrected chi connectivity index (χ3v) is 4.74. The van der Waals surface area contributed by atoms with Crippen LogP contribution in [0.15, 0.2) is 36.7 Å². The van der Waals surface area contributed by atoms with Crippen molar-refractivity contribution < 1.29 is 18.8 Å². The van der Waals surface area contributed by atoms with Gasteiger partial charge in [0.2, 0.25) is 5.91 Å². The number of hydrogen-bond donors (Lipinski definition) is 2. The van der Waals surface area contributed by atoms with Crippen LogP contribution >= 0.6 is 0 Å². The molecule has 0 radical (unpaired) electrons. The van der Waals surface area contributed by atoms with Gasteiger partial charge in [0.25, 0.3) is 11.8 Å². The number of anilines is 1. The normalized spacial score (nSPS) is 14.3. The van der Waals surface area contributed by atoms with E-state index in [1.165, 1.54) is 36.7 Å². The Morgan fingerprint density at radius 2 is 1.72 bits per heavy atom. The molecule has 1 aliphatic rings. The number of carbonyl (C=O) groups is 3. The van der Waals surface area contributed by atoms with Gasteiger partial charge in [0.05, 0.1) is 0 Å². The second kappa shape index (κ2) is 9.22. The van der Waals surface area contributed by atoms with Crippen LogP contribution in [-0.2, 0) is 4.79 Å². The van der Waals surface area contributed by atoms with Crippen molar-refractivity contribution in [3.63, 3.8) is 0 Å². The van der Waals surface area contributed by atoms with Gasteiger partial charge in [-0.2, -0.15) is 0 Å². The van der Waals surface area contributed by atoms with Crippen molar-refractivity contribution >= 4 is 23.5 Å². The van der Waals surface area contributed by atoms with Gasteiger partial charge in [0, 0.05) is 43.5 Å². The molecule has 2 heterocycles. The van der Waals surface area contributed by atoms with E-state index >= 15 is 0 Å². The quantitative estimate of drug-likeness (QED) is 0.800. The summed E-state index contributed by atoms with van der Waals surface area (Å²) in [6.07, 6.45) is 4.49. The molecule has 0 bridgehead atoms. The van der Waals surface area contributed by atoms with E-state index < -0.39 is 17.6 Å². The van der Waals surface area contributed by atoms with Crippen LogP contribution in [0.5, 0.6) is 0 Å². The minimum Gasteiger partial charge on any atom is -0.348 e. The van der Waals surface area contributed by atoms with Crippen LogP contribution in [0.3, 0.4) is 0 Å². The first-order valence-corrected chi connectivity index (χ1v) is 9.44. The van der Waals surface area contributed by atoms with Crippen LogP contribution in [0, 0.1) is 5.82 Å². The molecule has 8 nitrogen and oxygen atoms in total. The summed E-state index contributed by atoms with van der Waals surface area (Å²) in [5.41, 5.74) is 0.228. The molecule has 2 N–H and O–H groups in total. The summed E-state index contributed by atoms with van der Waals surface area (Å²) in [5.74, 6) is -1.29. The molecule has 29 heavy (non-hydrogen) atoms. The highest BCUT2D eigenvalue weighted by molar-refractivity contribution is 6.07. The molecule has 1 aromatic carbocycles. The molecular formula is C20H22FN5O3. The van der Waals surface area contributed by atoms with Crippen LogP contribution in [-0.4, -0.2) is 51.7 Å². The van der Waals surface area contributed by atoms with Gasteiger partial charge in [-0.3, -0.25) is 14.4 Å². The topological polar surface area (TPSA) is 104 Å². The van der Waals surface area contributed by atoms with E-state index in [9.17, 15) is 18.8 Å². The van der Waals surface area contributed by atoms with E-state index in [2.05, 4.69) is 20.6 Å². The third-order valence-electron chi connectivity index (χ3n) is 4.74. The zero-order chi connectivity index (χ0) is 20.8. The summed E-state index contributed by atoms with van der Waals surface area (Å²) in [6.45, 7) is 3.00. The zero-order valence-electron chi connectivity index (χ0n) is 16.0. The Bertz CT molecular complexity index is 895. The molecule has 0 atom stereocenters. The van der Waals surface area contributed by atoms with Crippen molar-refractivity contribution in [1.82, 2.24) is 20.2 Å². The Labute approximate surface area is 167 Å². The average molecular weight is 399 g/mol. The standard InChI is InChI=1S/C20H22FN5O3/c1-2-16(27)26-11-7-15(8-12-26)24-20(29)17-18(23-10-9-22-17)25-19(28)13-3-5-14(21)6-4-13/h3-6,9-10,15H,2,7-8,11-12H2,1H3,(H,24,29)(H,23,25,28). The van der Waals surface area contributed by atoms with Gasteiger partial charge in [-0.05, 0) is 37.1 Å². The lowest BCUT2D eigenvalue weighted by Crippen LogP contribution is -2.46. The SMILES string of the molecule is CCC(=O)N1CCC(NC(=O)c2nccnc2NC(=O)c2ccc(F)cc2)CC1. The monoisotopic (exact) mass is 399 g/mol. The first kappa shape index (κ1) is 20.4. The number of likely N-dealkylation sites (tertiary alicyclic amines) is 1. The lowest BCUT2D eigenvalue weighted by atomic mass is 10.0. The molecule has 0 spiro atoms. The number of amides is 3. The smallest absolute Gasteiger partial charge is 0.273 e. The number of hydrogen-bond acceptors (Lipinski definition) is 5. The van der Waals surface area contributed by atoms with Gasteiger partial charge < -0.3 is 15.5 Å². The number of nitrogens with one attached hydrogen (secondary N) is 2. The Kier molecular flexibility index (Phi) is 6.48. The van der Waals surface area contributed by atoms with Gasteiger partial charge in [-0.15, -0.1) is 0 Å². The minimum absolute atomic E-state index is 0.00461. The molecule has 0 unspecified atom stereocenters. The Hall–Kier alpha value is -3.36. The molecule has 3 amide bonds. The Balaban J connectivity index is 1.64. The van der Waals surface area contributed by atoms with E-state index in [1.54, 1.807) is 4.90 Å². The highest BCUT2D eigenvalue weighted by Gasteiger charge is 2.25. The summed E-state index contributed by atoms with van der Waals surface area (Å²) in [6, 6.07) is 4.94. The minimum atomic E-state index is -0.522. The van der Waals surface area contributed by atoms with Gasteiger partial charge in [-0.25, -0.2) is 14.4 Å². The van der Waals surface area contributed by atoms with Crippen LogP contribution in [0.1, 0.15) is 47.0 Å². The molecule has 1 saturated heterocycles. The average Bonchev–Trinajstić information content (AvgIpc) is 2.74. The molecule has 3 rings (SSSR count). The molecule has 9 heteroatoms. The van der Waals surface area contributed by atoms with Crippen LogP contribution in [0.2, 0.25) is 0 Å². The van der Waals surface area contributed by atoms with E-state index in [-0.39, 0.29) is 29.0 Å². The molecule has 1 aromatic heterocycles. The summed E-state index contributed by atoms with van der Waals surface area (Å²) in [4.78, 5) is 46.7. The van der Waals surface area contributed by atoms with Crippen molar-refractivity contribution in [1.29, 1.82) is 0 Å². The number of halogens is 1. The fraction of sp³-hybridized carbons (Fsp3) is 0.350. The summed E-state index contributed by atoms with van der Waals surface area (Å²) in [7, 11) is 0. The first-order chi connectivity index (χ1) is 14.0. The fourth-order valence-electron chi connectivity index (χ4n) is 3.13. The fourth-order valence-corrected chi connectivity index (χ4v) is 3.13. The van der Waals surface area contributed by atoms with Crippen molar-refractivity contribution in [2.24, 2.45) is 0 Å². The largest absolute Gasteiger partial charge is 0.348 e. The third kappa shape index (κ3) is 5.13. The van der Waals surface area contributed by atoms with Crippen LogP contribution in [0.25, 0.3) is 0 Å². The van der Waals surface area contributed by atoms with Gasteiger partial charge in [-0.1, -0.05) is 6.92 Å². The summed E-state index contributed by atoms with van der Waals surface area (Å²) < 4.78 is 13.0. The number of carbonyl (C=O) groups excluding carboxylic acids is 3. The molecule has 152 valence electrons. The lowest BCUT2D eigenvalue weighted by Gasteiger charge is -2.32. The van der Waals surface area contributed by atoms with Crippen molar-refractivity contribution in [3.8, 4) is 0 Å². The highest BCUT2D eigenvalue weighted by atomic mass is 19.1. The molecule has 1 fully saturated rings. The second-order valence-electron chi connectivity index (χ2n) is 6.70.